The molecule has 1 aliphatic heterocycles. The molecule has 1 atom stereocenters. The molecule has 1 unspecified atom stereocenters. The molecule has 98 valence electrons. The Labute approximate surface area is 105 Å². The average molecular weight is 237 g/mol. The van der Waals surface area contributed by atoms with E-state index in [9.17, 15) is 0 Å². The summed E-state index contributed by atoms with van der Waals surface area (Å²) in [6.45, 7) is 8.23. The molecule has 2 spiro atoms. The largest absolute Gasteiger partial charge is 0.357 e. The maximum absolute atomic E-state index is 6.59. The zero-order valence-electron chi connectivity index (χ0n) is 11.6. The van der Waals surface area contributed by atoms with Crippen molar-refractivity contribution in [2.24, 2.45) is 17.3 Å². The van der Waals surface area contributed by atoms with Crippen molar-refractivity contribution < 1.29 is 4.74 Å². The molecule has 0 aromatic carbocycles. The van der Waals surface area contributed by atoms with E-state index in [-0.39, 0.29) is 5.72 Å². The summed E-state index contributed by atoms with van der Waals surface area (Å²) in [5.74, 6) is 1.55. The van der Waals surface area contributed by atoms with Gasteiger partial charge in [0.1, 0.15) is 5.72 Å². The summed E-state index contributed by atoms with van der Waals surface area (Å²) in [4.78, 5) is 0. The summed E-state index contributed by atoms with van der Waals surface area (Å²) in [5.41, 5.74) is 0.539. The van der Waals surface area contributed by atoms with Gasteiger partial charge in [0.05, 0.1) is 6.10 Å². The van der Waals surface area contributed by atoms with Crippen LogP contribution in [0.2, 0.25) is 0 Å². The lowest BCUT2D eigenvalue weighted by Gasteiger charge is -2.50. The van der Waals surface area contributed by atoms with Crippen molar-refractivity contribution in [3.05, 3.63) is 0 Å². The van der Waals surface area contributed by atoms with Crippen LogP contribution >= 0.6 is 0 Å². The Balaban J connectivity index is 1.72. The van der Waals surface area contributed by atoms with Crippen LogP contribution in [-0.2, 0) is 4.74 Å². The Morgan fingerprint density at radius 2 is 1.76 bits per heavy atom. The molecule has 2 heteroatoms. The number of ether oxygens (including phenoxy) is 1. The summed E-state index contributed by atoms with van der Waals surface area (Å²) in [5, 5.41) is 3.77. The van der Waals surface area contributed by atoms with Gasteiger partial charge in [-0.1, -0.05) is 20.8 Å². The predicted molar refractivity (Wildman–Crippen MR) is 69.7 cm³/mol. The Morgan fingerprint density at radius 1 is 1.12 bits per heavy atom. The molecule has 0 aromatic heterocycles. The van der Waals surface area contributed by atoms with Crippen LogP contribution in [0.1, 0.15) is 59.3 Å². The minimum atomic E-state index is 0.0370. The smallest absolute Gasteiger partial charge is 0.119 e. The van der Waals surface area contributed by atoms with Gasteiger partial charge in [0.15, 0.2) is 0 Å². The highest BCUT2D eigenvalue weighted by Gasteiger charge is 2.57. The number of rotatable bonds is 1. The van der Waals surface area contributed by atoms with E-state index in [1.54, 1.807) is 0 Å². The number of nitrogens with one attached hydrogen (secondary N) is 1. The Bertz CT molecular complexity index is 287. The van der Waals surface area contributed by atoms with Gasteiger partial charge in [-0.15, -0.1) is 0 Å². The van der Waals surface area contributed by atoms with Gasteiger partial charge in [-0.05, 0) is 50.4 Å². The second-order valence-electron chi connectivity index (χ2n) is 7.18. The van der Waals surface area contributed by atoms with Gasteiger partial charge in [-0.2, -0.15) is 0 Å². The minimum absolute atomic E-state index is 0.0370. The SMILES string of the molecule is CC1CCC2(CC1)NCC1(CC1)C(C(C)C)O2. The van der Waals surface area contributed by atoms with Crippen LogP contribution in [0.25, 0.3) is 0 Å². The molecule has 17 heavy (non-hydrogen) atoms. The van der Waals surface area contributed by atoms with Crippen molar-refractivity contribution >= 4 is 0 Å². The second-order valence-corrected chi connectivity index (χ2v) is 7.18. The minimum Gasteiger partial charge on any atom is -0.357 e. The van der Waals surface area contributed by atoms with Crippen LogP contribution < -0.4 is 5.32 Å². The molecule has 2 nitrogen and oxygen atoms in total. The zero-order chi connectivity index (χ0) is 12.1. The lowest BCUT2D eigenvalue weighted by Crippen LogP contribution is -2.61. The van der Waals surface area contributed by atoms with E-state index in [1.165, 1.54) is 45.1 Å². The first kappa shape index (κ1) is 12.0. The Kier molecular flexibility index (Phi) is 2.79. The lowest BCUT2D eigenvalue weighted by atomic mass is 9.80. The third kappa shape index (κ3) is 2.04. The van der Waals surface area contributed by atoms with Gasteiger partial charge in [0.2, 0.25) is 0 Å². The lowest BCUT2D eigenvalue weighted by molar-refractivity contribution is -0.203. The maximum Gasteiger partial charge on any atom is 0.119 e. The summed E-state index contributed by atoms with van der Waals surface area (Å²) in [7, 11) is 0. The Morgan fingerprint density at radius 3 is 2.29 bits per heavy atom. The molecular weight excluding hydrogens is 210 g/mol. The first-order chi connectivity index (χ1) is 8.05. The molecule has 2 saturated carbocycles. The van der Waals surface area contributed by atoms with Crippen LogP contribution in [0.3, 0.4) is 0 Å². The van der Waals surface area contributed by atoms with Crippen molar-refractivity contribution in [2.45, 2.75) is 71.1 Å². The molecular formula is C15H27NO. The fraction of sp³-hybridized carbons (Fsp3) is 1.00. The molecule has 1 heterocycles. The van der Waals surface area contributed by atoms with Crippen LogP contribution in [0.5, 0.6) is 0 Å². The summed E-state index contributed by atoms with van der Waals surface area (Å²) < 4.78 is 6.59. The number of hydrogen-bond acceptors (Lipinski definition) is 2. The highest BCUT2D eigenvalue weighted by atomic mass is 16.5. The quantitative estimate of drug-likeness (QED) is 0.755. The monoisotopic (exact) mass is 237 g/mol. The van der Waals surface area contributed by atoms with Gasteiger partial charge >= 0.3 is 0 Å². The topological polar surface area (TPSA) is 21.3 Å². The molecule has 0 radical (unpaired) electrons. The van der Waals surface area contributed by atoms with E-state index in [0.717, 1.165) is 5.92 Å². The average Bonchev–Trinajstić information content (AvgIpc) is 3.07. The molecule has 3 fully saturated rings. The summed E-state index contributed by atoms with van der Waals surface area (Å²) >= 11 is 0. The van der Waals surface area contributed by atoms with Crippen molar-refractivity contribution in [2.75, 3.05) is 6.54 Å². The molecule has 1 N–H and O–H groups in total. The van der Waals surface area contributed by atoms with E-state index in [1.807, 2.05) is 0 Å². The third-order valence-corrected chi connectivity index (χ3v) is 5.30. The van der Waals surface area contributed by atoms with Crippen LogP contribution in [-0.4, -0.2) is 18.4 Å². The van der Waals surface area contributed by atoms with E-state index in [0.29, 0.717) is 17.4 Å². The maximum atomic E-state index is 6.59. The third-order valence-electron chi connectivity index (χ3n) is 5.30. The van der Waals surface area contributed by atoms with Gasteiger partial charge in [-0.25, -0.2) is 0 Å². The van der Waals surface area contributed by atoms with E-state index < -0.39 is 0 Å². The van der Waals surface area contributed by atoms with Gasteiger partial charge in [-0.3, -0.25) is 5.32 Å². The first-order valence-electron chi connectivity index (χ1n) is 7.48. The zero-order valence-corrected chi connectivity index (χ0v) is 11.6. The highest BCUT2D eigenvalue weighted by molar-refractivity contribution is 5.07. The van der Waals surface area contributed by atoms with Crippen molar-refractivity contribution in [3.8, 4) is 0 Å². The van der Waals surface area contributed by atoms with Gasteiger partial charge in [0, 0.05) is 12.0 Å². The van der Waals surface area contributed by atoms with E-state index in [2.05, 4.69) is 26.1 Å². The fourth-order valence-corrected chi connectivity index (χ4v) is 3.84. The van der Waals surface area contributed by atoms with Crippen molar-refractivity contribution in [1.82, 2.24) is 5.32 Å². The molecule has 1 saturated heterocycles. The second kappa shape index (κ2) is 3.96. The highest BCUT2D eigenvalue weighted by Crippen LogP contribution is 2.55. The van der Waals surface area contributed by atoms with E-state index >= 15 is 0 Å². The Hall–Kier alpha value is -0.0800. The summed E-state index contributed by atoms with van der Waals surface area (Å²) in [6.07, 6.45) is 8.32. The van der Waals surface area contributed by atoms with Crippen molar-refractivity contribution in [1.29, 1.82) is 0 Å². The standard InChI is InChI=1S/C15H27NO/c1-11(2)13-14(8-9-14)10-16-15(17-13)6-4-12(3)5-7-15/h11-13,16H,4-10H2,1-3H3. The first-order valence-corrected chi connectivity index (χ1v) is 7.48. The molecule has 2 aliphatic carbocycles. The molecule has 0 amide bonds. The summed E-state index contributed by atoms with van der Waals surface area (Å²) in [6, 6.07) is 0. The van der Waals surface area contributed by atoms with Gasteiger partial charge < -0.3 is 4.74 Å². The van der Waals surface area contributed by atoms with Crippen LogP contribution in [0.15, 0.2) is 0 Å². The molecule has 3 rings (SSSR count). The van der Waals surface area contributed by atoms with Crippen molar-refractivity contribution in [3.63, 3.8) is 0 Å². The van der Waals surface area contributed by atoms with E-state index in [4.69, 9.17) is 4.74 Å². The van der Waals surface area contributed by atoms with Gasteiger partial charge in [0.25, 0.3) is 0 Å². The number of hydrogen-bond donors (Lipinski definition) is 1. The van der Waals surface area contributed by atoms with Crippen LogP contribution in [0.4, 0.5) is 0 Å². The molecule has 0 aromatic rings. The molecule has 0 bridgehead atoms. The fourth-order valence-electron chi connectivity index (χ4n) is 3.84. The van der Waals surface area contributed by atoms with Crippen LogP contribution in [0, 0.1) is 17.3 Å². The molecule has 3 aliphatic rings. The predicted octanol–water partition coefficient (Wildman–Crippen LogP) is 3.32. The normalized spacial score (nSPS) is 44.5.